The van der Waals surface area contributed by atoms with Crippen LogP contribution in [0.3, 0.4) is 0 Å². The Labute approximate surface area is 231 Å². The zero-order chi connectivity index (χ0) is 27.2. The number of carbonyl (C=O) groups excluding carboxylic acids is 2. The van der Waals surface area contributed by atoms with Crippen LogP contribution in [0.15, 0.2) is 41.1 Å². The first-order chi connectivity index (χ1) is 18.6. The summed E-state index contributed by atoms with van der Waals surface area (Å²) in [6.45, 7) is 5.15. The van der Waals surface area contributed by atoms with Gasteiger partial charge in [0, 0.05) is 28.9 Å². The van der Waals surface area contributed by atoms with Crippen molar-refractivity contribution >= 4 is 34.4 Å². The summed E-state index contributed by atoms with van der Waals surface area (Å²) in [6.07, 6.45) is 7.88. The third-order valence-electron chi connectivity index (χ3n) is 10.6. The van der Waals surface area contributed by atoms with Crippen molar-refractivity contribution in [2.24, 2.45) is 28.6 Å². The molecule has 39 heavy (non-hydrogen) atoms. The lowest BCUT2D eigenvalue weighted by atomic mass is 9.46. The number of carbonyl (C=O) groups is 2. The van der Waals surface area contributed by atoms with Crippen LogP contribution in [0.1, 0.15) is 46.0 Å². The van der Waals surface area contributed by atoms with Crippen molar-refractivity contribution in [3.05, 3.63) is 35.9 Å². The third kappa shape index (κ3) is 3.62. The molecule has 5 unspecified atom stereocenters. The van der Waals surface area contributed by atoms with Crippen LogP contribution < -0.4 is 9.47 Å². The second-order valence-electron chi connectivity index (χ2n) is 12.4. The maximum atomic E-state index is 13.7. The average Bonchev–Trinajstić information content (AvgIpc) is 3.43. The van der Waals surface area contributed by atoms with Gasteiger partial charge in [-0.3, -0.25) is 9.59 Å². The molecule has 9 heteroatoms. The number of H-pyrrole nitrogens is 1. The molecule has 0 radical (unpaired) electrons. The lowest BCUT2D eigenvalue weighted by Crippen LogP contribution is -2.61. The Hall–Kier alpha value is -2.62. The van der Waals surface area contributed by atoms with Gasteiger partial charge < -0.3 is 24.7 Å². The van der Waals surface area contributed by atoms with Crippen LogP contribution in [0.5, 0.6) is 11.5 Å². The molecule has 0 spiro atoms. The highest BCUT2D eigenvalue weighted by Gasteiger charge is 2.68. The summed E-state index contributed by atoms with van der Waals surface area (Å²) < 4.78 is 11.3. The Bertz CT molecular complexity index is 1410. The number of aliphatic hydroxyl groups excluding tert-OH is 1. The fraction of sp³-hybridized carbons (Fsp3) is 0.567. The molecule has 1 aromatic carbocycles. The highest BCUT2D eigenvalue weighted by atomic mass is 32.2. The number of nitrogens with zero attached hydrogens (tertiary/aromatic N) is 1. The summed E-state index contributed by atoms with van der Waals surface area (Å²) in [7, 11) is 0. The molecule has 0 saturated heterocycles. The second-order valence-corrected chi connectivity index (χ2v) is 13.3. The minimum Gasteiger partial charge on any atom is -0.486 e. The van der Waals surface area contributed by atoms with E-state index in [0.717, 1.165) is 35.9 Å². The molecule has 7 atom stereocenters. The van der Waals surface area contributed by atoms with Gasteiger partial charge in [0.05, 0.1) is 22.9 Å². The van der Waals surface area contributed by atoms with Crippen molar-refractivity contribution in [2.45, 2.75) is 62.8 Å². The molecular formula is C30H34N2O6S. The number of fused-ring (bicyclic) bond motifs is 7. The SMILES string of the molecule is CC12C=CC(=O)C=C1CCC1C2[C@@H](O)CC2(C)C1CC[C@]2(O)C(=O)CSc1nc2cc3c(cc2[nH]1)OCCO3. The third-order valence-corrected chi connectivity index (χ3v) is 11.4. The maximum Gasteiger partial charge on any atom is 0.178 e. The van der Waals surface area contributed by atoms with E-state index >= 15 is 0 Å². The summed E-state index contributed by atoms with van der Waals surface area (Å²) in [4.78, 5) is 33.7. The smallest absolute Gasteiger partial charge is 0.178 e. The number of aliphatic hydroxyl groups is 2. The summed E-state index contributed by atoms with van der Waals surface area (Å²) >= 11 is 1.29. The van der Waals surface area contributed by atoms with E-state index in [2.05, 4.69) is 16.9 Å². The number of Topliss-reactive ketones (excluding diaryl/α,β-unsaturated/α-hetero) is 1. The molecule has 3 saturated carbocycles. The Balaban J connectivity index is 1.11. The summed E-state index contributed by atoms with van der Waals surface area (Å²) in [6, 6.07) is 3.70. The summed E-state index contributed by atoms with van der Waals surface area (Å²) in [5, 5.41) is 24.2. The van der Waals surface area contributed by atoms with E-state index in [1.54, 1.807) is 12.2 Å². The van der Waals surface area contributed by atoms with E-state index < -0.39 is 17.1 Å². The Morgan fingerprint density at radius 1 is 1.21 bits per heavy atom. The molecule has 1 aromatic heterocycles. The molecule has 206 valence electrons. The number of aromatic amines is 1. The number of thioether (sulfide) groups is 1. The number of benzene rings is 1. The van der Waals surface area contributed by atoms with Crippen LogP contribution in [0.4, 0.5) is 0 Å². The molecule has 7 rings (SSSR count). The van der Waals surface area contributed by atoms with E-state index in [-0.39, 0.29) is 40.5 Å². The van der Waals surface area contributed by atoms with Crippen LogP contribution in [0.25, 0.3) is 11.0 Å². The molecule has 3 fully saturated rings. The maximum absolute atomic E-state index is 13.7. The molecule has 3 N–H and O–H groups in total. The lowest BCUT2D eigenvalue weighted by Gasteiger charge is -2.59. The monoisotopic (exact) mass is 550 g/mol. The van der Waals surface area contributed by atoms with E-state index in [0.29, 0.717) is 42.7 Å². The van der Waals surface area contributed by atoms with Gasteiger partial charge in [0.25, 0.3) is 0 Å². The lowest BCUT2D eigenvalue weighted by molar-refractivity contribution is -0.174. The van der Waals surface area contributed by atoms with Crippen molar-refractivity contribution < 1.29 is 29.3 Å². The zero-order valence-corrected chi connectivity index (χ0v) is 23.1. The molecule has 1 aliphatic heterocycles. The molecule has 2 heterocycles. The first kappa shape index (κ1) is 25.4. The molecule has 0 amide bonds. The predicted octanol–water partition coefficient (Wildman–Crippen LogP) is 4.01. The number of rotatable bonds is 4. The molecule has 4 aliphatic carbocycles. The van der Waals surface area contributed by atoms with Gasteiger partial charge in [0.2, 0.25) is 0 Å². The van der Waals surface area contributed by atoms with Crippen LogP contribution in [0, 0.1) is 28.6 Å². The van der Waals surface area contributed by atoms with Gasteiger partial charge in [-0.1, -0.05) is 37.3 Å². The Morgan fingerprint density at radius 2 is 1.97 bits per heavy atom. The van der Waals surface area contributed by atoms with E-state index in [1.807, 2.05) is 25.1 Å². The quantitative estimate of drug-likeness (QED) is 0.489. The second kappa shape index (κ2) is 8.69. The van der Waals surface area contributed by atoms with Gasteiger partial charge in [-0.25, -0.2) is 4.98 Å². The van der Waals surface area contributed by atoms with Crippen molar-refractivity contribution in [3.8, 4) is 11.5 Å². The number of nitrogens with one attached hydrogen (secondary N) is 1. The highest BCUT2D eigenvalue weighted by molar-refractivity contribution is 7.99. The molecule has 0 bridgehead atoms. The number of imidazole rings is 1. The number of allylic oxidation sites excluding steroid dienone is 4. The van der Waals surface area contributed by atoms with Crippen molar-refractivity contribution in [1.82, 2.24) is 9.97 Å². The summed E-state index contributed by atoms with van der Waals surface area (Å²) in [5.41, 5.74) is 0.0656. The van der Waals surface area contributed by atoms with Crippen LogP contribution >= 0.6 is 11.8 Å². The van der Waals surface area contributed by atoms with Gasteiger partial charge in [-0.15, -0.1) is 0 Å². The van der Waals surface area contributed by atoms with E-state index in [9.17, 15) is 19.8 Å². The van der Waals surface area contributed by atoms with Crippen LogP contribution in [-0.4, -0.2) is 62.4 Å². The van der Waals surface area contributed by atoms with Gasteiger partial charge in [-0.05, 0) is 56.1 Å². The van der Waals surface area contributed by atoms with E-state index in [1.165, 1.54) is 11.8 Å². The average molecular weight is 551 g/mol. The number of hydrogen-bond donors (Lipinski definition) is 3. The van der Waals surface area contributed by atoms with E-state index in [4.69, 9.17) is 9.47 Å². The van der Waals surface area contributed by atoms with Gasteiger partial charge in [0.15, 0.2) is 28.2 Å². The topological polar surface area (TPSA) is 122 Å². The van der Waals surface area contributed by atoms with Crippen molar-refractivity contribution in [2.75, 3.05) is 19.0 Å². The standard InChI is InChI=1S/C30H34N2O6S/c1-28-7-5-17(33)11-16(28)3-4-18-19-6-8-30(36,29(19,2)14-22(34)26(18)28)25(35)15-39-27-31-20-12-23-24(13-21(20)32-27)38-10-9-37-23/h5,7,11-13,18-19,22,26,34,36H,3-4,6,8-10,14-15H2,1-2H3,(H,31,32)/t18?,19?,22-,26?,28?,29?,30-/m0/s1. The number of hydrogen-bond acceptors (Lipinski definition) is 8. The van der Waals surface area contributed by atoms with Crippen molar-refractivity contribution in [1.29, 1.82) is 0 Å². The zero-order valence-electron chi connectivity index (χ0n) is 22.2. The Morgan fingerprint density at radius 3 is 2.77 bits per heavy atom. The van der Waals surface area contributed by atoms with Crippen LogP contribution in [-0.2, 0) is 9.59 Å². The van der Waals surface area contributed by atoms with Gasteiger partial charge in [-0.2, -0.15) is 0 Å². The predicted molar refractivity (Wildman–Crippen MR) is 146 cm³/mol. The first-order valence-electron chi connectivity index (χ1n) is 13.9. The van der Waals surface area contributed by atoms with Crippen molar-refractivity contribution in [3.63, 3.8) is 0 Å². The highest BCUT2D eigenvalue weighted by Crippen LogP contribution is 2.67. The minimum atomic E-state index is -1.50. The largest absolute Gasteiger partial charge is 0.486 e. The fourth-order valence-corrected chi connectivity index (χ4v) is 9.49. The van der Waals surface area contributed by atoms with Gasteiger partial charge >= 0.3 is 0 Å². The minimum absolute atomic E-state index is 0.0140. The number of aromatic nitrogens is 2. The molecular weight excluding hydrogens is 516 g/mol. The summed E-state index contributed by atoms with van der Waals surface area (Å²) in [5.74, 6) is 1.52. The van der Waals surface area contributed by atoms with Gasteiger partial charge in [0.1, 0.15) is 18.8 Å². The van der Waals surface area contributed by atoms with Crippen LogP contribution in [0.2, 0.25) is 0 Å². The first-order valence-corrected chi connectivity index (χ1v) is 14.9. The fourth-order valence-electron chi connectivity index (χ4n) is 8.63. The normalized spacial score (nSPS) is 38.7. The Kier molecular flexibility index (Phi) is 5.65. The molecule has 5 aliphatic rings. The number of ether oxygens (including phenoxy) is 2. The molecule has 8 nitrogen and oxygen atoms in total. The number of ketones is 2. The molecule has 2 aromatic rings.